The van der Waals surface area contributed by atoms with Crippen molar-refractivity contribution in [3.05, 3.63) is 76.3 Å². The second-order valence-electron chi connectivity index (χ2n) is 5.23. The Morgan fingerprint density at radius 2 is 2.08 bits per heavy atom. The van der Waals surface area contributed by atoms with Crippen molar-refractivity contribution in [2.24, 2.45) is 5.10 Å². The first kappa shape index (κ1) is 17.0. The first-order valence-electron chi connectivity index (χ1n) is 7.49. The molecule has 0 saturated carbocycles. The normalized spacial score (nSPS) is 11.0. The maximum absolute atomic E-state index is 13.6. The Balaban J connectivity index is 1.69. The zero-order valence-corrected chi connectivity index (χ0v) is 14.2. The largest absolute Gasteiger partial charge is 0.486 e. The van der Waals surface area contributed by atoms with Crippen LogP contribution in [0.15, 0.2) is 52.9 Å². The molecule has 4 nitrogen and oxygen atoms in total. The van der Waals surface area contributed by atoms with E-state index >= 15 is 0 Å². The number of hydrazone groups is 1. The summed E-state index contributed by atoms with van der Waals surface area (Å²) in [5, 5.41) is 6.78. The minimum atomic E-state index is -0.603. The Labute approximate surface area is 147 Å². The topological polar surface area (TPSA) is 46.5 Å². The van der Waals surface area contributed by atoms with E-state index in [1.807, 2.05) is 36.6 Å². The Morgan fingerprint density at radius 1 is 1.24 bits per heavy atom. The van der Waals surface area contributed by atoms with Crippen LogP contribution in [0.1, 0.15) is 16.8 Å². The number of aromatic nitrogens is 1. The molecular formula is C18H15F2N3OS. The van der Waals surface area contributed by atoms with Crippen molar-refractivity contribution in [3.63, 3.8) is 0 Å². The summed E-state index contributed by atoms with van der Waals surface area (Å²) in [6.45, 7) is 2.00. The average Bonchev–Trinajstić information content (AvgIpc) is 3.02. The number of hydrogen-bond acceptors (Lipinski definition) is 5. The van der Waals surface area contributed by atoms with E-state index in [2.05, 4.69) is 15.5 Å². The lowest BCUT2D eigenvalue weighted by molar-refractivity contribution is 0.288. The van der Waals surface area contributed by atoms with E-state index in [0.717, 1.165) is 35.0 Å². The van der Waals surface area contributed by atoms with Crippen molar-refractivity contribution < 1.29 is 13.5 Å². The van der Waals surface area contributed by atoms with Crippen molar-refractivity contribution in [2.45, 2.75) is 13.5 Å². The van der Waals surface area contributed by atoms with Gasteiger partial charge in [0, 0.05) is 17.0 Å². The monoisotopic (exact) mass is 359 g/mol. The summed E-state index contributed by atoms with van der Waals surface area (Å²) in [6, 6.07) is 10.5. The van der Waals surface area contributed by atoms with Crippen molar-refractivity contribution in [2.75, 3.05) is 5.43 Å². The number of rotatable bonds is 6. The molecule has 25 heavy (non-hydrogen) atoms. The molecule has 1 aromatic heterocycles. The molecule has 0 saturated heterocycles. The van der Waals surface area contributed by atoms with E-state index < -0.39 is 11.6 Å². The lowest BCUT2D eigenvalue weighted by atomic mass is 10.1. The number of nitrogens with zero attached hydrogens (tertiary/aromatic N) is 2. The highest BCUT2D eigenvalue weighted by atomic mass is 32.1. The molecule has 0 spiro atoms. The van der Waals surface area contributed by atoms with Crippen LogP contribution in [-0.2, 0) is 6.61 Å². The predicted molar refractivity (Wildman–Crippen MR) is 95.2 cm³/mol. The van der Waals surface area contributed by atoms with Gasteiger partial charge in [-0.3, -0.25) is 5.43 Å². The van der Waals surface area contributed by atoms with Gasteiger partial charge in [-0.15, -0.1) is 11.3 Å². The van der Waals surface area contributed by atoms with E-state index in [0.29, 0.717) is 5.13 Å². The number of ether oxygens (including phenoxy) is 1. The molecule has 0 fully saturated rings. The van der Waals surface area contributed by atoms with Gasteiger partial charge in [-0.05, 0) is 24.6 Å². The summed E-state index contributed by atoms with van der Waals surface area (Å²) in [4.78, 5) is 4.25. The molecule has 0 radical (unpaired) electrons. The second-order valence-corrected chi connectivity index (χ2v) is 6.08. The van der Waals surface area contributed by atoms with Gasteiger partial charge >= 0.3 is 0 Å². The Hall–Kier alpha value is -2.80. The van der Waals surface area contributed by atoms with Gasteiger partial charge in [-0.25, -0.2) is 13.8 Å². The van der Waals surface area contributed by atoms with Gasteiger partial charge in [0.25, 0.3) is 0 Å². The molecule has 1 heterocycles. The second kappa shape index (κ2) is 7.85. The molecule has 0 unspecified atom stereocenters. The van der Waals surface area contributed by atoms with Gasteiger partial charge in [0.2, 0.25) is 5.13 Å². The maximum Gasteiger partial charge on any atom is 0.203 e. The lowest BCUT2D eigenvalue weighted by Gasteiger charge is -2.09. The molecule has 3 rings (SSSR count). The minimum Gasteiger partial charge on any atom is -0.486 e. The van der Waals surface area contributed by atoms with Gasteiger partial charge in [0.15, 0.2) is 11.6 Å². The van der Waals surface area contributed by atoms with Crippen LogP contribution in [0.4, 0.5) is 13.9 Å². The van der Waals surface area contributed by atoms with Gasteiger partial charge in [0.05, 0.1) is 11.9 Å². The Morgan fingerprint density at radius 3 is 2.88 bits per heavy atom. The fraction of sp³-hybridized carbons (Fsp3) is 0.111. The SMILES string of the molecule is Cc1csc(NN=Cc2ccccc2COc2cc(F)ccc2F)n1. The number of nitrogens with one attached hydrogen (secondary N) is 1. The van der Waals surface area contributed by atoms with Crippen molar-refractivity contribution in [3.8, 4) is 5.75 Å². The van der Waals surface area contributed by atoms with Crippen molar-refractivity contribution in [1.29, 1.82) is 0 Å². The summed E-state index contributed by atoms with van der Waals surface area (Å²) >= 11 is 1.46. The van der Waals surface area contributed by atoms with E-state index in [9.17, 15) is 8.78 Å². The quantitative estimate of drug-likeness (QED) is 0.510. The summed E-state index contributed by atoms with van der Waals surface area (Å²) in [5.41, 5.74) is 5.39. The Bertz CT molecular complexity index is 896. The first-order valence-corrected chi connectivity index (χ1v) is 8.37. The highest BCUT2D eigenvalue weighted by molar-refractivity contribution is 7.13. The Kier molecular flexibility index (Phi) is 5.35. The molecule has 1 N–H and O–H groups in total. The standard InChI is InChI=1S/C18H15F2N3OS/c1-12-11-25-18(22-12)23-21-9-13-4-2-3-5-14(13)10-24-17-8-15(19)6-7-16(17)20/h2-9,11H,10H2,1H3,(H,22,23). The molecule has 0 bridgehead atoms. The van der Waals surface area contributed by atoms with Crippen molar-refractivity contribution in [1.82, 2.24) is 4.98 Å². The minimum absolute atomic E-state index is 0.0962. The fourth-order valence-corrected chi connectivity index (χ4v) is 2.73. The van der Waals surface area contributed by atoms with Crippen LogP contribution in [0.2, 0.25) is 0 Å². The number of hydrogen-bond donors (Lipinski definition) is 1. The van der Waals surface area contributed by atoms with Crippen LogP contribution in [0, 0.1) is 18.6 Å². The summed E-state index contributed by atoms with van der Waals surface area (Å²) in [5.74, 6) is -1.27. The molecule has 0 amide bonds. The molecule has 3 aromatic rings. The predicted octanol–water partition coefficient (Wildman–Crippen LogP) is 4.75. The number of anilines is 1. The third kappa shape index (κ3) is 4.60. The molecule has 0 aliphatic carbocycles. The van der Waals surface area contributed by atoms with Crippen LogP contribution in [0.5, 0.6) is 5.75 Å². The molecule has 128 valence electrons. The molecule has 0 aliphatic heterocycles. The molecule has 2 aromatic carbocycles. The number of benzene rings is 2. The molecule has 7 heteroatoms. The van der Waals surface area contributed by atoms with Crippen LogP contribution < -0.4 is 10.2 Å². The average molecular weight is 359 g/mol. The number of halogens is 2. The lowest BCUT2D eigenvalue weighted by Crippen LogP contribution is -2.02. The zero-order valence-electron chi connectivity index (χ0n) is 13.4. The third-order valence-electron chi connectivity index (χ3n) is 3.31. The van der Waals surface area contributed by atoms with Gasteiger partial charge in [-0.2, -0.15) is 5.10 Å². The molecule has 0 atom stereocenters. The fourth-order valence-electron chi connectivity index (χ4n) is 2.10. The van der Waals surface area contributed by atoms with Crippen LogP contribution in [0.3, 0.4) is 0 Å². The third-order valence-corrected chi connectivity index (χ3v) is 4.18. The van der Waals surface area contributed by atoms with Crippen molar-refractivity contribution >= 4 is 22.7 Å². The summed E-state index contributed by atoms with van der Waals surface area (Å²) < 4.78 is 32.2. The zero-order chi connectivity index (χ0) is 17.6. The van der Waals surface area contributed by atoms with Gasteiger partial charge in [-0.1, -0.05) is 24.3 Å². The highest BCUT2D eigenvalue weighted by Crippen LogP contribution is 2.20. The van der Waals surface area contributed by atoms with E-state index in [-0.39, 0.29) is 12.4 Å². The maximum atomic E-state index is 13.6. The molecular weight excluding hydrogens is 344 g/mol. The van der Waals surface area contributed by atoms with E-state index in [4.69, 9.17) is 4.74 Å². The van der Waals surface area contributed by atoms with E-state index in [1.165, 1.54) is 11.3 Å². The van der Waals surface area contributed by atoms with Gasteiger partial charge < -0.3 is 4.74 Å². The summed E-state index contributed by atoms with van der Waals surface area (Å²) in [6.07, 6.45) is 1.64. The highest BCUT2D eigenvalue weighted by Gasteiger charge is 2.07. The van der Waals surface area contributed by atoms with Crippen LogP contribution >= 0.6 is 11.3 Å². The van der Waals surface area contributed by atoms with Crippen LogP contribution in [0.25, 0.3) is 0 Å². The number of thiazole rings is 1. The van der Waals surface area contributed by atoms with E-state index in [1.54, 1.807) is 6.21 Å². The van der Waals surface area contributed by atoms with Gasteiger partial charge in [0.1, 0.15) is 12.4 Å². The number of aryl methyl sites for hydroxylation is 1. The molecule has 0 aliphatic rings. The van der Waals surface area contributed by atoms with Crippen LogP contribution in [-0.4, -0.2) is 11.2 Å². The summed E-state index contributed by atoms with van der Waals surface area (Å²) in [7, 11) is 0. The first-order chi connectivity index (χ1) is 12.1. The smallest absolute Gasteiger partial charge is 0.203 e.